The van der Waals surface area contributed by atoms with Crippen LogP contribution in [0.1, 0.15) is 23.6 Å². The van der Waals surface area contributed by atoms with Crippen LogP contribution in [0.3, 0.4) is 0 Å². The van der Waals surface area contributed by atoms with Crippen LogP contribution in [0.15, 0.2) is 48.5 Å². The summed E-state index contributed by atoms with van der Waals surface area (Å²) in [5, 5.41) is 0. The Hall–Kier alpha value is -2.29. The average molecular weight is 269 g/mol. The van der Waals surface area contributed by atoms with E-state index < -0.39 is 0 Å². The number of hydrogen-bond acceptors (Lipinski definition) is 3. The Labute approximate surface area is 119 Å². The zero-order chi connectivity index (χ0) is 14.4. The molecular formula is C17H19NO2. The molecule has 0 atom stereocenters. The Balaban J connectivity index is 1.87. The molecule has 2 N–H and O–H groups in total. The zero-order valence-electron chi connectivity index (χ0n) is 11.6. The second-order valence-corrected chi connectivity index (χ2v) is 4.71. The maximum atomic E-state index is 11.8. The normalized spacial score (nSPS) is 10.2. The van der Waals surface area contributed by atoms with Crippen LogP contribution >= 0.6 is 0 Å². The van der Waals surface area contributed by atoms with Gasteiger partial charge in [-0.1, -0.05) is 49.4 Å². The first-order chi connectivity index (χ1) is 9.69. The number of para-hydroxylation sites is 1. The Morgan fingerprint density at radius 3 is 2.35 bits per heavy atom. The van der Waals surface area contributed by atoms with Crippen LogP contribution in [-0.2, 0) is 29.0 Å². The summed E-state index contributed by atoms with van der Waals surface area (Å²) in [6.45, 7) is 2.41. The number of rotatable bonds is 5. The van der Waals surface area contributed by atoms with Gasteiger partial charge in [-0.3, -0.25) is 4.79 Å². The molecule has 20 heavy (non-hydrogen) atoms. The van der Waals surface area contributed by atoms with Crippen LogP contribution < -0.4 is 5.73 Å². The molecule has 2 aromatic rings. The molecule has 0 heterocycles. The molecule has 3 nitrogen and oxygen atoms in total. The average Bonchev–Trinajstić information content (AvgIpc) is 2.48. The van der Waals surface area contributed by atoms with Gasteiger partial charge in [0.2, 0.25) is 0 Å². The van der Waals surface area contributed by atoms with Crippen molar-refractivity contribution in [3.05, 3.63) is 65.2 Å². The topological polar surface area (TPSA) is 52.3 Å². The summed E-state index contributed by atoms with van der Waals surface area (Å²) in [7, 11) is 0. The Morgan fingerprint density at radius 1 is 1.05 bits per heavy atom. The monoisotopic (exact) mass is 269 g/mol. The number of hydrogen-bond donors (Lipinski definition) is 1. The molecule has 3 heteroatoms. The molecule has 2 aromatic carbocycles. The fourth-order valence-corrected chi connectivity index (χ4v) is 1.94. The number of ether oxygens (including phenoxy) is 1. The lowest BCUT2D eigenvalue weighted by Gasteiger charge is -2.07. The van der Waals surface area contributed by atoms with Crippen LogP contribution in [0.25, 0.3) is 0 Å². The van der Waals surface area contributed by atoms with Gasteiger partial charge in [-0.2, -0.15) is 0 Å². The van der Waals surface area contributed by atoms with Crippen molar-refractivity contribution in [2.45, 2.75) is 26.4 Å². The van der Waals surface area contributed by atoms with Crippen molar-refractivity contribution < 1.29 is 9.53 Å². The van der Waals surface area contributed by atoms with E-state index in [1.807, 2.05) is 30.3 Å². The van der Waals surface area contributed by atoms with Gasteiger partial charge in [-0.15, -0.1) is 0 Å². The van der Waals surface area contributed by atoms with E-state index in [1.165, 1.54) is 5.56 Å². The third-order valence-electron chi connectivity index (χ3n) is 3.22. The molecule has 0 aliphatic rings. The quantitative estimate of drug-likeness (QED) is 0.670. The predicted molar refractivity (Wildman–Crippen MR) is 80.2 cm³/mol. The minimum Gasteiger partial charge on any atom is -0.461 e. The van der Waals surface area contributed by atoms with Crippen molar-refractivity contribution in [1.29, 1.82) is 0 Å². The molecule has 0 saturated carbocycles. The smallest absolute Gasteiger partial charge is 0.310 e. The lowest BCUT2D eigenvalue weighted by atomic mass is 10.1. The van der Waals surface area contributed by atoms with Gasteiger partial charge in [-0.25, -0.2) is 0 Å². The number of aryl methyl sites for hydroxylation is 1. The summed E-state index contributed by atoms with van der Waals surface area (Å²) >= 11 is 0. The number of nitrogens with two attached hydrogens (primary N) is 1. The van der Waals surface area contributed by atoms with E-state index in [2.05, 4.69) is 19.1 Å². The zero-order valence-corrected chi connectivity index (χ0v) is 11.6. The molecule has 0 amide bonds. The molecule has 0 saturated heterocycles. The molecule has 0 aliphatic carbocycles. The van der Waals surface area contributed by atoms with E-state index in [9.17, 15) is 4.79 Å². The van der Waals surface area contributed by atoms with Crippen LogP contribution in [0, 0.1) is 0 Å². The molecule has 0 fully saturated rings. The minimum absolute atomic E-state index is 0.208. The molecule has 104 valence electrons. The van der Waals surface area contributed by atoms with Crippen molar-refractivity contribution in [3.8, 4) is 0 Å². The lowest BCUT2D eigenvalue weighted by molar-refractivity contribution is -0.144. The molecule has 0 radical (unpaired) electrons. The molecule has 0 aromatic heterocycles. The number of carbonyl (C=O) groups excluding carboxylic acids is 1. The Kier molecular flexibility index (Phi) is 4.77. The minimum atomic E-state index is -0.262. The largest absolute Gasteiger partial charge is 0.461 e. The second-order valence-electron chi connectivity index (χ2n) is 4.71. The van der Waals surface area contributed by atoms with Gasteiger partial charge < -0.3 is 10.5 Å². The number of nitrogen functional groups attached to an aromatic ring is 1. The Morgan fingerprint density at radius 2 is 1.70 bits per heavy atom. The SMILES string of the molecule is CCc1ccc(COC(=O)Cc2ccccc2N)cc1. The molecular weight excluding hydrogens is 250 g/mol. The highest BCUT2D eigenvalue weighted by atomic mass is 16.5. The standard InChI is InChI=1S/C17H19NO2/c1-2-13-7-9-14(10-8-13)12-20-17(19)11-15-5-3-4-6-16(15)18/h3-10H,2,11-12,18H2,1H3. The summed E-state index contributed by atoms with van der Waals surface area (Å²) < 4.78 is 5.27. The summed E-state index contributed by atoms with van der Waals surface area (Å²) in [4.78, 5) is 11.8. The van der Waals surface area contributed by atoms with Crippen molar-refractivity contribution >= 4 is 11.7 Å². The first-order valence-electron chi connectivity index (χ1n) is 6.76. The van der Waals surface area contributed by atoms with Gasteiger partial charge in [-0.05, 0) is 29.2 Å². The highest BCUT2D eigenvalue weighted by Gasteiger charge is 2.07. The fraction of sp³-hybridized carbons (Fsp3) is 0.235. The van der Waals surface area contributed by atoms with Crippen molar-refractivity contribution in [2.75, 3.05) is 5.73 Å². The molecule has 2 rings (SSSR count). The molecule has 0 spiro atoms. The third-order valence-corrected chi connectivity index (χ3v) is 3.22. The van der Waals surface area contributed by atoms with E-state index >= 15 is 0 Å². The van der Waals surface area contributed by atoms with E-state index in [1.54, 1.807) is 6.07 Å². The summed E-state index contributed by atoms with van der Waals surface area (Å²) in [6.07, 6.45) is 1.22. The van der Waals surface area contributed by atoms with Crippen LogP contribution in [0.2, 0.25) is 0 Å². The summed E-state index contributed by atoms with van der Waals surface area (Å²) in [6, 6.07) is 15.4. The first-order valence-corrected chi connectivity index (χ1v) is 6.76. The predicted octanol–water partition coefficient (Wildman–Crippen LogP) is 3.12. The summed E-state index contributed by atoms with van der Waals surface area (Å²) in [5.74, 6) is -0.262. The molecule has 0 unspecified atom stereocenters. The lowest BCUT2D eigenvalue weighted by Crippen LogP contribution is -2.09. The van der Waals surface area contributed by atoms with Crippen molar-refractivity contribution in [2.24, 2.45) is 0 Å². The highest BCUT2D eigenvalue weighted by Crippen LogP contribution is 2.12. The fourth-order valence-electron chi connectivity index (χ4n) is 1.94. The second kappa shape index (κ2) is 6.75. The van der Waals surface area contributed by atoms with E-state index in [0.717, 1.165) is 17.5 Å². The maximum Gasteiger partial charge on any atom is 0.310 e. The van der Waals surface area contributed by atoms with Crippen molar-refractivity contribution in [1.82, 2.24) is 0 Å². The van der Waals surface area contributed by atoms with E-state index in [-0.39, 0.29) is 12.4 Å². The van der Waals surface area contributed by atoms with Gasteiger partial charge in [0.15, 0.2) is 0 Å². The van der Waals surface area contributed by atoms with Crippen LogP contribution in [0.4, 0.5) is 5.69 Å². The van der Waals surface area contributed by atoms with Gasteiger partial charge in [0.05, 0.1) is 6.42 Å². The number of benzene rings is 2. The molecule has 0 bridgehead atoms. The number of anilines is 1. The molecule has 0 aliphatic heterocycles. The van der Waals surface area contributed by atoms with Crippen LogP contribution in [0.5, 0.6) is 0 Å². The van der Waals surface area contributed by atoms with Gasteiger partial charge in [0.1, 0.15) is 6.61 Å². The van der Waals surface area contributed by atoms with E-state index in [0.29, 0.717) is 12.3 Å². The first kappa shape index (κ1) is 14.1. The number of carbonyl (C=O) groups is 1. The van der Waals surface area contributed by atoms with Gasteiger partial charge in [0.25, 0.3) is 0 Å². The van der Waals surface area contributed by atoms with Crippen molar-refractivity contribution in [3.63, 3.8) is 0 Å². The number of esters is 1. The van der Waals surface area contributed by atoms with Gasteiger partial charge >= 0.3 is 5.97 Å². The highest BCUT2D eigenvalue weighted by molar-refractivity contribution is 5.74. The Bertz CT molecular complexity index is 576. The summed E-state index contributed by atoms with van der Waals surface area (Å²) in [5.41, 5.74) is 9.50. The van der Waals surface area contributed by atoms with E-state index in [4.69, 9.17) is 10.5 Å². The van der Waals surface area contributed by atoms with Gasteiger partial charge in [0, 0.05) is 5.69 Å². The third kappa shape index (κ3) is 3.85. The maximum absolute atomic E-state index is 11.8. The van der Waals surface area contributed by atoms with Crippen LogP contribution in [-0.4, -0.2) is 5.97 Å².